The van der Waals surface area contributed by atoms with Gasteiger partial charge in [-0.1, -0.05) is 12.1 Å². The van der Waals surface area contributed by atoms with Crippen molar-refractivity contribution in [3.63, 3.8) is 0 Å². The third-order valence-electron chi connectivity index (χ3n) is 2.81. The molecule has 1 aromatic heterocycles. The van der Waals surface area contributed by atoms with E-state index in [9.17, 15) is 4.79 Å². The maximum atomic E-state index is 10.7. The van der Waals surface area contributed by atoms with E-state index in [0.29, 0.717) is 0 Å². The molecule has 18 heavy (non-hydrogen) atoms. The number of nitrogens with one attached hydrogen (secondary N) is 1. The highest BCUT2D eigenvalue weighted by atomic mass is 16.5. The Bertz CT molecular complexity index is 545. The highest BCUT2D eigenvalue weighted by molar-refractivity contribution is 5.85. The van der Waals surface area contributed by atoms with Crippen LogP contribution in [0.1, 0.15) is 21.6 Å². The Morgan fingerprint density at radius 2 is 2.06 bits per heavy atom. The predicted molar refractivity (Wildman–Crippen MR) is 68.2 cm³/mol. The maximum Gasteiger partial charge on any atom is 0.352 e. The molecule has 0 aliphatic heterocycles. The Kier molecular flexibility index (Phi) is 3.67. The van der Waals surface area contributed by atoms with E-state index in [1.54, 1.807) is 19.4 Å². The van der Waals surface area contributed by atoms with Gasteiger partial charge in [-0.25, -0.2) is 4.79 Å². The molecule has 0 aliphatic carbocycles. The van der Waals surface area contributed by atoms with Crippen LogP contribution >= 0.6 is 0 Å². The number of carboxylic acid groups (broad SMARTS) is 1. The summed E-state index contributed by atoms with van der Waals surface area (Å²) in [6, 6.07) is 9.55. The molecule has 2 rings (SSSR count). The molecule has 0 fully saturated rings. The molecule has 4 nitrogen and oxygen atoms in total. The Morgan fingerprint density at radius 3 is 2.72 bits per heavy atom. The van der Waals surface area contributed by atoms with Gasteiger partial charge in [-0.15, -0.1) is 0 Å². The van der Waals surface area contributed by atoms with Crippen molar-refractivity contribution in [2.75, 3.05) is 7.11 Å². The van der Waals surface area contributed by atoms with Crippen molar-refractivity contribution < 1.29 is 14.6 Å². The van der Waals surface area contributed by atoms with Crippen molar-refractivity contribution in [1.29, 1.82) is 0 Å². The van der Waals surface area contributed by atoms with Gasteiger partial charge in [0.15, 0.2) is 0 Å². The summed E-state index contributed by atoms with van der Waals surface area (Å²) < 4.78 is 5.16. The molecule has 0 radical (unpaired) electrons. The third-order valence-corrected chi connectivity index (χ3v) is 2.81. The molecule has 0 amide bonds. The van der Waals surface area contributed by atoms with E-state index in [2.05, 4.69) is 4.98 Å². The van der Waals surface area contributed by atoms with Crippen molar-refractivity contribution in [3.05, 3.63) is 53.3 Å². The molecule has 0 spiro atoms. The first-order chi connectivity index (χ1) is 8.69. The predicted octanol–water partition coefficient (Wildman–Crippen LogP) is 2.51. The number of carboxylic acids is 1. The van der Waals surface area contributed by atoms with E-state index in [-0.39, 0.29) is 5.69 Å². The second-order valence-electron chi connectivity index (χ2n) is 4.08. The topological polar surface area (TPSA) is 62.3 Å². The second-order valence-corrected chi connectivity index (χ2v) is 4.08. The summed E-state index contributed by atoms with van der Waals surface area (Å²) in [7, 11) is 1.64. The van der Waals surface area contributed by atoms with Crippen LogP contribution in [0.4, 0.5) is 0 Å². The number of aromatic carboxylic acids is 1. The third kappa shape index (κ3) is 2.91. The van der Waals surface area contributed by atoms with Crippen LogP contribution in [-0.4, -0.2) is 23.2 Å². The number of aryl methyl sites for hydroxylation is 2. The minimum Gasteiger partial charge on any atom is -0.497 e. The van der Waals surface area contributed by atoms with Crippen LogP contribution in [0.15, 0.2) is 36.5 Å². The molecule has 0 aliphatic rings. The normalized spacial score (nSPS) is 10.3. The molecule has 1 heterocycles. The highest BCUT2D eigenvalue weighted by Crippen LogP contribution is 2.15. The van der Waals surface area contributed by atoms with Crippen molar-refractivity contribution in [3.8, 4) is 5.75 Å². The summed E-state index contributed by atoms with van der Waals surface area (Å²) in [5.41, 5.74) is 2.40. The Morgan fingerprint density at radius 1 is 1.28 bits per heavy atom. The molecular formula is C14H15NO3. The molecule has 4 heteroatoms. The lowest BCUT2D eigenvalue weighted by atomic mass is 10.1. The van der Waals surface area contributed by atoms with E-state index in [0.717, 1.165) is 24.2 Å². The fourth-order valence-electron chi connectivity index (χ4n) is 1.82. The first-order valence-electron chi connectivity index (χ1n) is 5.72. The average Bonchev–Trinajstić information content (AvgIpc) is 2.85. The van der Waals surface area contributed by atoms with Gasteiger partial charge in [0, 0.05) is 6.20 Å². The standard InChI is InChI=1S/C14H15NO3/c1-18-12-4-2-3-10(7-12)5-6-11-8-13(14(16)17)15-9-11/h2-4,7-9,15H,5-6H2,1H3,(H,16,17). The van der Waals surface area contributed by atoms with E-state index in [4.69, 9.17) is 9.84 Å². The summed E-state index contributed by atoms with van der Waals surface area (Å²) in [6.07, 6.45) is 3.40. The molecule has 94 valence electrons. The number of rotatable bonds is 5. The second kappa shape index (κ2) is 5.40. The first-order valence-corrected chi connectivity index (χ1v) is 5.72. The quantitative estimate of drug-likeness (QED) is 0.850. The molecule has 0 saturated carbocycles. The first kappa shape index (κ1) is 12.2. The van der Waals surface area contributed by atoms with E-state index < -0.39 is 5.97 Å². The van der Waals surface area contributed by atoms with Crippen LogP contribution in [-0.2, 0) is 12.8 Å². The molecule has 1 aromatic carbocycles. The number of hydrogen-bond acceptors (Lipinski definition) is 2. The summed E-state index contributed by atoms with van der Waals surface area (Å²) >= 11 is 0. The fourth-order valence-corrected chi connectivity index (χ4v) is 1.82. The number of ether oxygens (including phenoxy) is 1. The highest BCUT2D eigenvalue weighted by Gasteiger charge is 2.06. The Balaban J connectivity index is 1.99. The van der Waals surface area contributed by atoms with Gasteiger partial charge in [0.1, 0.15) is 11.4 Å². The van der Waals surface area contributed by atoms with Gasteiger partial charge >= 0.3 is 5.97 Å². The van der Waals surface area contributed by atoms with Gasteiger partial charge in [0.25, 0.3) is 0 Å². The van der Waals surface area contributed by atoms with E-state index in [1.807, 2.05) is 24.3 Å². The fraction of sp³-hybridized carbons (Fsp3) is 0.214. The number of aromatic amines is 1. The zero-order chi connectivity index (χ0) is 13.0. The molecule has 0 atom stereocenters. The molecule has 2 aromatic rings. The monoisotopic (exact) mass is 245 g/mol. The van der Waals surface area contributed by atoms with Crippen LogP contribution in [0.25, 0.3) is 0 Å². The summed E-state index contributed by atoms with van der Waals surface area (Å²) in [6.45, 7) is 0. The number of H-pyrrole nitrogens is 1. The summed E-state index contributed by atoms with van der Waals surface area (Å²) in [5.74, 6) is -0.0876. The smallest absolute Gasteiger partial charge is 0.352 e. The Hall–Kier alpha value is -2.23. The van der Waals surface area contributed by atoms with Gasteiger partial charge in [0.2, 0.25) is 0 Å². The lowest BCUT2D eigenvalue weighted by Gasteiger charge is -2.03. The van der Waals surface area contributed by atoms with Crippen LogP contribution in [0.2, 0.25) is 0 Å². The lowest BCUT2D eigenvalue weighted by Crippen LogP contribution is -1.95. The maximum absolute atomic E-state index is 10.7. The largest absolute Gasteiger partial charge is 0.497 e. The van der Waals surface area contributed by atoms with Crippen LogP contribution in [0.3, 0.4) is 0 Å². The van der Waals surface area contributed by atoms with Gasteiger partial charge < -0.3 is 14.8 Å². The molecular weight excluding hydrogens is 230 g/mol. The van der Waals surface area contributed by atoms with Gasteiger partial charge in [-0.3, -0.25) is 0 Å². The van der Waals surface area contributed by atoms with E-state index in [1.165, 1.54) is 5.56 Å². The number of methoxy groups -OCH3 is 1. The number of carbonyl (C=O) groups is 1. The van der Waals surface area contributed by atoms with Crippen LogP contribution in [0, 0.1) is 0 Å². The zero-order valence-corrected chi connectivity index (χ0v) is 10.1. The zero-order valence-electron chi connectivity index (χ0n) is 10.1. The number of benzene rings is 1. The molecule has 0 bridgehead atoms. The molecule has 0 unspecified atom stereocenters. The number of aromatic nitrogens is 1. The Labute approximate surface area is 105 Å². The van der Waals surface area contributed by atoms with Gasteiger partial charge in [-0.2, -0.15) is 0 Å². The SMILES string of the molecule is COc1cccc(CCc2c[nH]c(C(=O)O)c2)c1. The van der Waals surface area contributed by atoms with Crippen molar-refractivity contribution in [2.24, 2.45) is 0 Å². The van der Waals surface area contributed by atoms with Gasteiger partial charge in [0.05, 0.1) is 7.11 Å². The lowest BCUT2D eigenvalue weighted by molar-refractivity contribution is 0.0691. The average molecular weight is 245 g/mol. The number of hydrogen-bond donors (Lipinski definition) is 2. The van der Waals surface area contributed by atoms with E-state index >= 15 is 0 Å². The van der Waals surface area contributed by atoms with Crippen molar-refractivity contribution in [1.82, 2.24) is 4.98 Å². The minimum absolute atomic E-state index is 0.232. The summed E-state index contributed by atoms with van der Waals surface area (Å²) in [4.78, 5) is 13.5. The van der Waals surface area contributed by atoms with Gasteiger partial charge in [-0.05, 0) is 42.2 Å². The van der Waals surface area contributed by atoms with Crippen molar-refractivity contribution in [2.45, 2.75) is 12.8 Å². The minimum atomic E-state index is -0.928. The summed E-state index contributed by atoms with van der Waals surface area (Å²) in [5, 5.41) is 8.80. The van der Waals surface area contributed by atoms with Crippen molar-refractivity contribution >= 4 is 5.97 Å². The van der Waals surface area contributed by atoms with Crippen LogP contribution in [0.5, 0.6) is 5.75 Å². The molecule has 2 N–H and O–H groups in total. The molecule has 0 saturated heterocycles. The van der Waals surface area contributed by atoms with Crippen LogP contribution < -0.4 is 4.74 Å².